The smallest absolute Gasteiger partial charge is 0.352 e. The van der Waals surface area contributed by atoms with Crippen LogP contribution in [0.15, 0.2) is 47.4 Å². The van der Waals surface area contributed by atoms with Crippen molar-refractivity contribution in [1.29, 1.82) is 0 Å². The zero-order valence-corrected chi connectivity index (χ0v) is 17.2. The number of carbonyl (C=O) groups excluding carboxylic acids is 1. The second-order valence-corrected chi connectivity index (χ2v) is 9.91. The molecular formula is C19H16Cl2F3NO3S. The Hall–Kier alpha value is -1.77. The molecule has 0 bridgehead atoms. The highest BCUT2D eigenvalue weighted by Gasteiger charge is 2.40. The first-order valence-corrected chi connectivity index (χ1v) is 10.9. The van der Waals surface area contributed by atoms with Gasteiger partial charge in [-0.3, -0.25) is 4.79 Å². The Labute approximate surface area is 175 Å². The molecule has 2 aromatic rings. The van der Waals surface area contributed by atoms with Gasteiger partial charge in [-0.1, -0.05) is 29.3 Å². The normalized spacial score (nSPS) is 19.5. The number of amides is 1. The number of sulfone groups is 1. The summed E-state index contributed by atoms with van der Waals surface area (Å²) in [5, 5.41) is 2.51. The third-order valence-electron chi connectivity index (χ3n) is 4.85. The van der Waals surface area contributed by atoms with E-state index in [2.05, 4.69) is 5.32 Å². The minimum absolute atomic E-state index is 0.0766. The van der Waals surface area contributed by atoms with Crippen LogP contribution in [0.1, 0.15) is 28.8 Å². The third-order valence-corrected chi connectivity index (χ3v) is 7.77. The zero-order chi connectivity index (χ0) is 21.4. The van der Waals surface area contributed by atoms with E-state index in [0.717, 1.165) is 12.1 Å². The highest BCUT2D eigenvalue weighted by molar-refractivity contribution is 7.92. The molecule has 0 aromatic heterocycles. The van der Waals surface area contributed by atoms with Gasteiger partial charge in [0.05, 0.1) is 25.8 Å². The molecule has 0 radical (unpaired) electrons. The van der Waals surface area contributed by atoms with Crippen LogP contribution in [-0.4, -0.2) is 26.1 Å². The van der Waals surface area contributed by atoms with Crippen LogP contribution < -0.4 is 5.32 Å². The first-order chi connectivity index (χ1) is 13.5. The number of benzene rings is 2. The van der Waals surface area contributed by atoms with Crippen molar-refractivity contribution in [3.8, 4) is 0 Å². The number of rotatable bonds is 5. The lowest BCUT2D eigenvalue weighted by molar-refractivity contribution is -0.137. The van der Waals surface area contributed by atoms with E-state index >= 15 is 0 Å². The standard InChI is InChI=1S/C19H16Cl2F3NO3S/c20-16-5-4-12(8-17(16)21)18(26)25-10-11-6-15(7-11)29(27,28)14-3-1-2-13(9-14)19(22,23)24/h1-5,8-9,11,15H,6-7,10H2,(H,25,26)/t11-,15-. The highest BCUT2D eigenvalue weighted by atomic mass is 35.5. The van der Waals surface area contributed by atoms with E-state index in [1.165, 1.54) is 24.3 Å². The summed E-state index contributed by atoms with van der Waals surface area (Å²) in [6, 6.07) is 8.20. The number of carbonyl (C=O) groups is 1. The number of alkyl halides is 3. The van der Waals surface area contributed by atoms with Crippen LogP contribution in [0.25, 0.3) is 0 Å². The van der Waals surface area contributed by atoms with E-state index < -0.39 is 26.8 Å². The van der Waals surface area contributed by atoms with Crippen molar-refractivity contribution in [1.82, 2.24) is 5.32 Å². The third kappa shape index (κ3) is 4.87. The lowest BCUT2D eigenvalue weighted by Gasteiger charge is -2.35. The van der Waals surface area contributed by atoms with Gasteiger partial charge in [-0.25, -0.2) is 8.42 Å². The number of nitrogens with one attached hydrogen (secondary N) is 1. The van der Waals surface area contributed by atoms with Crippen molar-refractivity contribution in [3.05, 3.63) is 63.6 Å². The molecule has 1 aliphatic rings. The Kier molecular flexibility index (Phi) is 6.17. The van der Waals surface area contributed by atoms with Gasteiger partial charge in [0.15, 0.2) is 9.84 Å². The fourth-order valence-electron chi connectivity index (χ4n) is 3.11. The monoisotopic (exact) mass is 465 g/mol. The van der Waals surface area contributed by atoms with Gasteiger partial charge in [0.1, 0.15) is 0 Å². The van der Waals surface area contributed by atoms with Crippen molar-refractivity contribution in [2.24, 2.45) is 5.92 Å². The largest absolute Gasteiger partial charge is 0.416 e. The number of halogens is 5. The summed E-state index contributed by atoms with van der Waals surface area (Å²) in [5.41, 5.74) is -0.671. The molecule has 1 N–H and O–H groups in total. The van der Waals surface area contributed by atoms with E-state index in [9.17, 15) is 26.4 Å². The maximum atomic E-state index is 12.8. The van der Waals surface area contributed by atoms with Crippen molar-refractivity contribution in [2.45, 2.75) is 29.2 Å². The summed E-state index contributed by atoms with van der Waals surface area (Å²) in [6.45, 7) is 0.258. The van der Waals surface area contributed by atoms with E-state index in [1.807, 2.05) is 0 Å². The van der Waals surface area contributed by atoms with Crippen molar-refractivity contribution in [2.75, 3.05) is 6.54 Å². The van der Waals surface area contributed by atoms with Crippen molar-refractivity contribution in [3.63, 3.8) is 0 Å². The molecule has 10 heteroatoms. The van der Waals surface area contributed by atoms with E-state index in [0.29, 0.717) is 16.7 Å². The minimum atomic E-state index is -4.61. The molecule has 1 saturated carbocycles. The maximum Gasteiger partial charge on any atom is 0.416 e. The summed E-state index contributed by atoms with van der Waals surface area (Å²) in [5.74, 6) is -0.444. The molecule has 0 heterocycles. The van der Waals surface area contributed by atoms with Crippen molar-refractivity contribution < 1.29 is 26.4 Å². The van der Waals surface area contributed by atoms with Gasteiger partial charge in [0, 0.05) is 12.1 Å². The maximum absolute atomic E-state index is 12.8. The number of hydrogen-bond donors (Lipinski definition) is 1. The summed E-state index contributed by atoms with van der Waals surface area (Å²) < 4.78 is 63.7. The van der Waals surface area contributed by atoms with Crippen LogP contribution in [0.3, 0.4) is 0 Å². The summed E-state index contributed by atoms with van der Waals surface area (Å²) >= 11 is 11.7. The summed E-state index contributed by atoms with van der Waals surface area (Å²) in [4.78, 5) is 11.8. The van der Waals surface area contributed by atoms with Crippen LogP contribution in [0.2, 0.25) is 10.0 Å². The fraction of sp³-hybridized carbons (Fsp3) is 0.316. The van der Waals surface area contributed by atoms with Gasteiger partial charge < -0.3 is 5.32 Å². The molecule has 2 aromatic carbocycles. The van der Waals surface area contributed by atoms with Gasteiger partial charge in [0.25, 0.3) is 5.91 Å². The topological polar surface area (TPSA) is 63.2 Å². The Morgan fingerprint density at radius 3 is 2.38 bits per heavy atom. The molecule has 4 nitrogen and oxygen atoms in total. The minimum Gasteiger partial charge on any atom is -0.352 e. The SMILES string of the molecule is O=C(NC[C@H]1C[C@H](S(=O)(=O)c2cccc(C(F)(F)F)c2)C1)c1ccc(Cl)c(Cl)c1. The van der Waals surface area contributed by atoms with E-state index in [4.69, 9.17) is 23.2 Å². The first-order valence-electron chi connectivity index (χ1n) is 8.63. The Morgan fingerprint density at radius 1 is 1.07 bits per heavy atom. The predicted octanol–water partition coefficient (Wildman–Crippen LogP) is 4.99. The molecule has 0 unspecified atom stereocenters. The average Bonchev–Trinajstić information content (AvgIpc) is 2.61. The van der Waals surface area contributed by atoms with Gasteiger partial charge >= 0.3 is 6.18 Å². The molecule has 29 heavy (non-hydrogen) atoms. The van der Waals surface area contributed by atoms with Gasteiger partial charge in [-0.05, 0) is 55.2 Å². The van der Waals surface area contributed by atoms with E-state index in [-0.39, 0.29) is 41.1 Å². The van der Waals surface area contributed by atoms with Gasteiger partial charge in [-0.2, -0.15) is 13.2 Å². The molecule has 0 aliphatic heterocycles. The average molecular weight is 466 g/mol. The molecule has 0 spiro atoms. The van der Waals surface area contributed by atoms with Gasteiger partial charge in [-0.15, -0.1) is 0 Å². The van der Waals surface area contributed by atoms with Crippen LogP contribution in [0.5, 0.6) is 0 Å². The lowest BCUT2D eigenvalue weighted by Crippen LogP contribution is -2.42. The molecule has 1 aliphatic carbocycles. The Bertz CT molecular complexity index is 1040. The lowest BCUT2D eigenvalue weighted by atomic mass is 9.85. The van der Waals surface area contributed by atoms with Gasteiger partial charge in [0.2, 0.25) is 0 Å². The number of hydrogen-bond acceptors (Lipinski definition) is 3. The molecule has 156 valence electrons. The Morgan fingerprint density at radius 2 is 1.76 bits per heavy atom. The first kappa shape index (κ1) is 21.9. The zero-order valence-electron chi connectivity index (χ0n) is 14.8. The predicted molar refractivity (Wildman–Crippen MR) is 104 cm³/mol. The molecule has 0 saturated heterocycles. The molecule has 1 fully saturated rings. The quantitative estimate of drug-likeness (QED) is 0.675. The van der Waals surface area contributed by atoms with Crippen LogP contribution in [0.4, 0.5) is 13.2 Å². The second kappa shape index (κ2) is 8.16. The van der Waals surface area contributed by atoms with E-state index in [1.54, 1.807) is 0 Å². The molecule has 3 rings (SSSR count). The van der Waals surface area contributed by atoms with Crippen LogP contribution >= 0.6 is 23.2 Å². The summed E-state index contributed by atoms with van der Waals surface area (Å²) in [7, 11) is -3.86. The highest BCUT2D eigenvalue weighted by Crippen LogP contribution is 2.37. The van der Waals surface area contributed by atoms with Crippen molar-refractivity contribution >= 4 is 38.9 Å². The second-order valence-electron chi connectivity index (χ2n) is 6.87. The Balaban J connectivity index is 1.58. The fourth-order valence-corrected chi connectivity index (χ4v) is 5.41. The molecular weight excluding hydrogens is 450 g/mol. The molecule has 1 amide bonds. The van der Waals surface area contributed by atoms with Crippen LogP contribution in [0, 0.1) is 5.92 Å². The molecule has 0 atom stereocenters. The summed E-state index contributed by atoms with van der Waals surface area (Å²) in [6.07, 6.45) is -4.08. The van der Waals surface area contributed by atoms with Crippen LogP contribution in [-0.2, 0) is 16.0 Å².